The van der Waals surface area contributed by atoms with Crippen LogP contribution in [0.4, 0.5) is 4.39 Å². The Labute approximate surface area is 167 Å². The van der Waals surface area contributed by atoms with Crippen LogP contribution in [0.15, 0.2) is 48.5 Å². The molecule has 0 bridgehead atoms. The first-order valence-electron chi connectivity index (χ1n) is 9.46. The maximum atomic E-state index is 13.0. The average Bonchev–Trinajstić information content (AvgIpc) is 3.16. The van der Waals surface area contributed by atoms with Gasteiger partial charge in [0.25, 0.3) is 11.8 Å². The van der Waals surface area contributed by atoms with E-state index < -0.39 is 0 Å². The highest BCUT2D eigenvalue weighted by Gasteiger charge is 2.28. The summed E-state index contributed by atoms with van der Waals surface area (Å²) >= 11 is 0. The van der Waals surface area contributed by atoms with E-state index in [2.05, 4.69) is 15.5 Å². The van der Waals surface area contributed by atoms with Gasteiger partial charge in [0, 0.05) is 36.3 Å². The average molecular weight is 392 g/mol. The molecule has 1 aromatic heterocycles. The van der Waals surface area contributed by atoms with Gasteiger partial charge in [-0.3, -0.25) is 14.7 Å². The second-order valence-corrected chi connectivity index (χ2v) is 7.13. The van der Waals surface area contributed by atoms with E-state index in [0.29, 0.717) is 30.8 Å². The number of carbonyl (C=O) groups excluding carboxylic acids is 2. The number of hydrogen-bond donors (Lipinski definition) is 2. The number of nitrogens with zero attached hydrogens (tertiary/aromatic N) is 2. The zero-order valence-corrected chi connectivity index (χ0v) is 16.0. The topological polar surface area (TPSA) is 78.1 Å². The minimum atomic E-state index is -0.322. The summed E-state index contributed by atoms with van der Waals surface area (Å²) in [6.45, 7) is 3.08. The maximum Gasteiger partial charge on any atom is 0.272 e. The molecule has 29 heavy (non-hydrogen) atoms. The van der Waals surface area contributed by atoms with Crippen molar-refractivity contribution in [1.29, 1.82) is 0 Å². The Hall–Kier alpha value is -3.48. The number of nitrogens with one attached hydrogen (secondary N) is 2. The molecule has 4 rings (SSSR count). The minimum absolute atomic E-state index is 0.0485. The van der Waals surface area contributed by atoms with Crippen LogP contribution in [-0.4, -0.2) is 33.5 Å². The van der Waals surface area contributed by atoms with Crippen LogP contribution in [0.25, 0.3) is 0 Å². The van der Waals surface area contributed by atoms with Gasteiger partial charge in [0.15, 0.2) is 5.69 Å². The van der Waals surface area contributed by atoms with Gasteiger partial charge in [-0.1, -0.05) is 30.3 Å². The molecule has 148 valence electrons. The van der Waals surface area contributed by atoms with Crippen LogP contribution >= 0.6 is 0 Å². The number of hydrogen-bond acceptors (Lipinski definition) is 3. The lowest BCUT2D eigenvalue weighted by atomic mass is 10.0. The number of rotatable bonds is 4. The predicted molar refractivity (Wildman–Crippen MR) is 106 cm³/mol. The second-order valence-electron chi connectivity index (χ2n) is 7.13. The Morgan fingerprint density at radius 2 is 1.93 bits per heavy atom. The van der Waals surface area contributed by atoms with Crippen molar-refractivity contribution in [2.24, 2.45) is 0 Å². The molecule has 0 unspecified atom stereocenters. The highest BCUT2D eigenvalue weighted by Crippen LogP contribution is 2.23. The SMILES string of the molecule is Cc1ccccc1C(=O)N1CCc2[nH]nc(C(=O)NCc3ccc(F)cc3)c2C1. The zero-order chi connectivity index (χ0) is 20.4. The quantitative estimate of drug-likeness (QED) is 0.717. The third-order valence-corrected chi connectivity index (χ3v) is 5.18. The van der Waals surface area contributed by atoms with Crippen molar-refractivity contribution in [1.82, 2.24) is 20.4 Å². The largest absolute Gasteiger partial charge is 0.347 e. The summed E-state index contributed by atoms with van der Waals surface area (Å²) in [5, 5.41) is 9.91. The number of aromatic nitrogens is 2. The number of amides is 2. The molecule has 0 saturated heterocycles. The van der Waals surface area contributed by atoms with Crippen molar-refractivity contribution < 1.29 is 14.0 Å². The standard InChI is InChI=1S/C22H21FN4O2/c1-14-4-2-3-5-17(14)22(29)27-11-10-19-18(13-27)20(26-25-19)21(28)24-12-15-6-8-16(23)9-7-15/h2-9H,10-13H2,1H3,(H,24,28)(H,25,26). The van der Waals surface area contributed by atoms with Gasteiger partial charge in [-0.05, 0) is 36.2 Å². The third kappa shape index (κ3) is 3.89. The third-order valence-electron chi connectivity index (χ3n) is 5.18. The molecule has 0 aliphatic carbocycles. The van der Waals surface area contributed by atoms with Crippen LogP contribution in [-0.2, 0) is 19.5 Å². The summed E-state index contributed by atoms with van der Waals surface area (Å²) in [5.74, 6) is -0.690. The fourth-order valence-corrected chi connectivity index (χ4v) is 3.51. The summed E-state index contributed by atoms with van der Waals surface area (Å²) in [4.78, 5) is 27.3. The number of aromatic amines is 1. The Morgan fingerprint density at radius 3 is 2.69 bits per heavy atom. The molecule has 3 aromatic rings. The van der Waals surface area contributed by atoms with Crippen LogP contribution in [0, 0.1) is 12.7 Å². The molecular formula is C22H21FN4O2. The van der Waals surface area contributed by atoms with Crippen molar-refractivity contribution >= 4 is 11.8 Å². The molecule has 0 atom stereocenters. The molecule has 2 aromatic carbocycles. The van der Waals surface area contributed by atoms with Gasteiger partial charge in [-0.15, -0.1) is 0 Å². The molecule has 1 aliphatic heterocycles. The molecule has 2 heterocycles. The van der Waals surface area contributed by atoms with E-state index in [0.717, 1.165) is 22.4 Å². The van der Waals surface area contributed by atoms with Gasteiger partial charge >= 0.3 is 0 Å². The van der Waals surface area contributed by atoms with Crippen LogP contribution < -0.4 is 5.32 Å². The number of halogens is 1. The Kier molecular flexibility index (Phi) is 5.12. The van der Waals surface area contributed by atoms with E-state index >= 15 is 0 Å². The molecule has 7 heteroatoms. The van der Waals surface area contributed by atoms with E-state index in [4.69, 9.17) is 0 Å². The van der Waals surface area contributed by atoms with E-state index in [-0.39, 0.29) is 24.2 Å². The fourth-order valence-electron chi connectivity index (χ4n) is 3.51. The first kappa shape index (κ1) is 18.9. The van der Waals surface area contributed by atoms with E-state index in [1.165, 1.54) is 12.1 Å². The van der Waals surface area contributed by atoms with Crippen molar-refractivity contribution in [3.05, 3.63) is 88.0 Å². The van der Waals surface area contributed by atoms with E-state index in [1.54, 1.807) is 17.0 Å². The Bertz CT molecular complexity index is 1060. The lowest BCUT2D eigenvalue weighted by molar-refractivity contribution is 0.0730. The molecule has 0 fully saturated rings. The van der Waals surface area contributed by atoms with Gasteiger partial charge in [-0.2, -0.15) is 5.10 Å². The maximum absolute atomic E-state index is 13.0. The van der Waals surface area contributed by atoms with Crippen molar-refractivity contribution in [3.63, 3.8) is 0 Å². The van der Waals surface area contributed by atoms with Crippen LogP contribution in [0.3, 0.4) is 0 Å². The number of carbonyl (C=O) groups is 2. The Balaban J connectivity index is 1.48. The second kappa shape index (κ2) is 7.87. The first-order chi connectivity index (χ1) is 14.0. The number of benzene rings is 2. The van der Waals surface area contributed by atoms with E-state index in [9.17, 15) is 14.0 Å². The molecule has 0 saturated carbocycles. The molecule has 0 radical (unpaired) electrons. The minimum Gasteiger partial charge on any atom is -0.347 e. The first-order valence-corrected chi connectivity index (χ1v) is 9.46. The van der Waals surface area contributed by atoms with E-state index in [1.807, 2.05) is 31.2 Å². The molecular weight excluding hydrogens is 371 g/mol. The summed E-state index contributed by atoms with van der Waals surface area (Å²) in [7, 11) is 0. The molecule has 6 nitrogen and oxygen atoms in total. The molecule has 2 N–H and O–H groups in total. The van der Waals surface area contributed by atoms with Gasteiger partial charge in [0.2, 0.25) is 0 Å². The highest BCUT2D eigenvalue weighted by atomic mass is 19.1. The van der Waals surface area contributed by atoms with Gasteiger partial charge in [0.1, 0.15) is 5.82 Å². The van der Waals surface area contributed by atoms with Crippen molar-refractivity contribution in [2.75, 3.05) is 6.54 Å². The molecule has 1 aliphatic rings. The van der Waals surface area contributed by atoms with Crippen LogP contribution in [0.2, 0.25) is 0 Å². The molecule has 0 spiro atoms. The monoisotopic (exact) mass is 392 g/mol. The number of H-pyrrole nitrogens is 1. The highest BCUT2D eigenvalue weighted by molar-refractivity contribution is 5.97. The Morgan fingerprint density at radius 1 is 1.17 bits per heavy atom. The van der Waals surface area contributed by atoms with Crippen molar-refractivity contribution in [3.8, 4) is 0 Å². The van der Waals surface area contributed by atoms with Crippen LogP contribution in [0.5, 0.6) is 0 Å². The lowest BCUT2D eigenvalue weighted by Gasteiger charge is -2.27. The summed E-state index contributed by atoms with van der Waals surface area (Å²) in [6.07, 6.45) is 0.616. The van der Waals surface area contributed by atoms with Crippen LogP contribution in [0.1, 0.15) is 43.2 Å². The summed E-state index contributed by atoms with van der Waals surface area (Å²) in [6, 6.07) is 13.4. The predicted octanol–water partition coefficient (Wildman–Crippen LogP) is 2.99. The van der Waals surface area contributed by atoms with Gasteiger partial charge in [-0.25, -0.2) is 4.39 Å². The normalized spacial score (nSPS) is 13.1. The summed E-state index contributed by atoms with van der Waals surface area (Å²) in [5.41, 5.74) is 4.31. The van der Waals surface area contributed by atoms with Gasteiger partial charge < -0.3 is 10.2 Å². The number of fused-ring (bicyclic) bond motifs is 1. The number of aryl methyl sites for hydroxylation is 1. The smallest absolute Gasteiger partial charge is 0.272 e. The summed E-state index contributed by atoms with van der Waals surface area (Å²) < 4.78 is 13.0. The lowest BCUT2D eigenvalue weighted by Crippen LogP contribution is -2.37. The molecule has 2 amide bonds. The van der Waals surface area contributed by atoms with Crippen molar-refractivity contribution in [2.45, 2.75) is 26.4 Å². The van der Waals surface area contributed by atoms with Gasteiger partial charge in [0.05, 0.1) is 6.54 Å². The fraction of sp³-hybridized carbons (Fsp3) is 0.227. The zero-order valence-electron chi connectivity index (χ0n) is 16.0.